The van der Waals surface area contributed by atoms with Crippen LogP contribution in [-0.4, -0.2) is 0 Å². The highest BCUT2D eigenvalue weighted by Gasteiger charge is 2.10. The minimum atomic E-state index is 0.0862. The van der Waals surface area contributed by atoms with E-state index < -0.39 is 0 Å². The molecule has 0 saturated carbocycles. The third kappa shape index (κ3) is 2.06. The van der Waals surface area contributed by atoms with Crippen molar-refractivity contribution in [2.24, 2.45) is 0 Å². The molecule has 0 fully saturated rings. The van der Waals surface area contributed by atoms with Crippen LogP contribution in [0.15, 0.2) is 28.7 Å². The van der Waals surface area contributed by atoms with Gasteiger partial charge in [-0.3, -0.25) is 0 Å². The Labute approximate surface area is 75.0 Å². The van der Waals surface area contributed by atoms with E-state index in [2.05, 4.69) is 20.8 Å². The molecule has 11 heavy (non-hydrogen) atoms. The summed E-state index contributed by atoms with van der Waals surface area (Å²) in [6, 6.07) is 8.06. The Hall–Kier alpha value is -0.810. The summed E-state index contributed by atoms with van der Waals surface area (Å²) < 4.78 is 1.07. The summed E-state index contributed by atoms with van der Waals surface area (Å²) in [5.41, 5.74) is 1.13. The van der Waals surface area contributed by atoms with E-state index in [-0.39, 0.29) is 6.04 Å². The van der Waals surface area contributed by atoms with E-state index in [1.165, 1.54) is 0 Å². The van der Waals surface area contributed by atoms with Crippen LogP contribution in [0, 0.1) is 6.57 Å². The summed E-state index contributed by atoms with van der Waals surface area (Å²) in [7, 11) is 0. The molecule has 1 atom stereocenters. The average molecular weight is 211 g/mol. The molecule has 0 N–H and O–H groups in total. The Morgan fingerprint density at radius 2 is 1.91 bits per heavy atom. The maximum Gasteiger partial charge on any atom is 0.294 e. The first-order valence-corrected chi connectivity index (χ1v) is 4.19. The summed E-state index contributed by atoms with van der Waals surface area (Å²) >= 11 is 3.35. The zero-order valence-corrected chi connectivity index (χ0v) is 7.88. The smallest absolute Gasteiger partial charge is 0.0787 e. The van der Waals surface area contributed by atoms with Gasteiger partial charge in [-0.25, -0.2) is 0 Å². The number of halogens is 1. The van der Waals surface area contributed by atoms with Crippen molar-refractivity contribution < 1.29 is 0 Å². The standard InChI is InChI=1S/C9H9BrN/c1-7(11-2)8-3-5-9(10)6-4-8/h2-7H,1H3/q+1. The second kappa shape index (κ2) is 3.54. The van der Waals surface area contributed by atoms with Gasteiger partial charge in [-0.1, -0.05) is 32.9 Å². The van der Waals surface area contributed by atoms with Gasteiger partial charge in [0.05, 0.1) is 0 Å². The number of hydrogen-bond acceptors (Lipinski definition) is 0. The molecule has 0 aromatic heterocycles. The van der Waals surface area contributed by atoms with Crippen molar-refractivity contribution in [1.82, 2.24) is 0 Å². The van der Waals surface area contributed by atoms with E-state index in [9.17, 15) is 0 Å². The topological polar surface area (TPSA) is 4.36 Å². The van der Waals surface area contributed by atoms with Crippen LogP contribution in [0.5, 0.6) is 0 Å². The first kappa shape index (κ1) is 8.29. The Morgan fingerprint density at radius 1 is 1.36 bits per heavy atom. The molecule has 56 valence electrons. The first-order chi connectivity index (χ1) is 5.24. The van der Waals surface area contributed by atoms with E-state index in [0.717, 1.165) is 10.0 Å². The molecule has 1 aromatic carbocycles. The van der Waals surface area contributed by atoms with Crippen LogP contribution < -0.4 is 0 Å². The van der Waals surface area contributed by atoms with Gasteiger partial charge in [0, 0.05) is 17.0 Å². The summed E-state index contributed by atoms with van der Waals surface area (Å²) in [5.74, 6) is 0. The lowest BCUT2D eigenvalue weighted by Crippen LogP contribution is -1.84. The predicted molar refractivity (Wildman–Crippen MR) is 50.9 cm³/mol. The number of hydrogen-bond donors (Lipinski definition) is 0. The van der Waals surface area contributed by atoms with Crippen LogP contribution >= 0.6 is 15.9 Å². The van der Waals surface area contributed by atoms with Crippen LogP contribution in [0.1, 0.15) is 18.5 Å². The Balaban J connectivity index is 2.92. The van der Waals surface area contributed by atoms with Gasteiger partial charge in [0.1, 0.15) is 0 Å². The fourth-order valence-corrected chi connectivity index (χ4v) is 1.09. The minimum absolute atomic E-state index is 0.0862. The molecule has 0 spiro atoms. The van der Waals surface area contributed by atoms with Crippen molar-refractivity contribution in [3.63, 3.8) is 0 Å². The lowest BCUT2D eigenvalue weighted by Gasteiger charge is -1.94. The zero-order valence-electron chi connectivity index (χ0n) is 6.29. The quantitative estimate of drug-likeness (QED) is 0.669. The molecule has 1 rings (SSSR count). The molecule has 0 aliphatic rings. The van der Waals surface area contributed by atoms with Crippen molar-refractivity contribution in [1.29, 1.82) is 0 Å². The van der Waals surface area contributed by atoms with Crippen molar-refractivity contribution >= 4 is 15.9 Å². The fourth-order valence-electron chi connectivity index (χ4n) is 0.827. The second-order valence-corrected chi connectivity index (χ2v) is 3.29. The van der Waals surface area contributed by atoms with Gasteiger partial charge < -0.3 is 0 Å². The number of rotatable bonds is 1. The number of nitrogens with zero attached hydrogens (tertiary/aromatic N) is 1. The number of benzene rings is 1. The van der Waals surface area contributed by atoms with Crippen LogP contribution in [0.25, 0.3) is 4.85 Å². The summed E-state index contributed by atoms with van der Waals surface area (Å²) in [4.78, 5) is 3.67. The second-order valence-electron chi connectivity index (χ2n) is 2.38. The summed E-state index contributed by atoms with van der Waals surface area (Å²) in [6.45, 7) is 7.12. The highest BCUT2D eigenvalue weighted by molar-refractivity contribution is 9.10. The van der Waals surface area contributed by atoms with Crippen LogP contribution in [0.3, 0.4) is 0 Å². The van der Waals surface area contributed by atoms with Crippen LogP contribution in [0.4, 0.5) is 0 Å². The third-order valence-corrected chi connectivity index (χ3v) is 2.10. The van der Waals surface area contributed by atoms with Crippen molar-refractivity contribution in [3.8, 4) is 6.57 Å². The molecule has 0 saturated heterocycles. The third-order valence-electron chi connectivity index (χ3n) is 1.58. The summed E-state index contributed by atoms with van der Waals surface area (Å²) in [5, 5.41) is 0. The van der Waals surface area contributed by atoms with E-state index in [4.69, 9.17) is 6.57 Å². The van der Waals surface area contributed by atoms with Gasteiger partial charge in [-0.05, 0) is 12.1 Å². The normalized spacial score (nSPS) is 12.1. The molecule has 0 bridgehead atoms. The minimum Gasteiger partial charge on any atom is -0.0787 e. The van der Waals surface area contributed by atoms with Gasteiger partial charge in [0.2, 0.25) is 0 Å². The molecule has 0 amide bonds. The van der Waals surface area contributed by atoms with Crippen molar-refractivity contribution in [2.75, 3.05) is 0 Å². The lowest BCUT2D eigenvalue weighted by atomic mass is 10.1. The molecule has 0 aliphatic carbocycles. The van der Waals surface area contributed by atoms with Gasteiger partial charge in [-0.15, -0.1) is 0 Å². The SMILES string of the molecule is C#[N+]C(C)c1ccc(Br)cc1. The molecule has 1 unspecified atom stereocenters. The molecule has 2 heteroatoms. The monoisotopic (exact) mass is 210 g/mol. The lowest BCUT2D eigenvalue weighted by molar-refractivity contribution is 0.964. The van der Waals surface area contributed by atoms with E-state index in [1.54, 1.807) is 0 Å². The predicted octanol–water partition coefficient (Wildman–Crippen LogP) is 3.47. The van der Waals surface area contributed by atoms with Gasteiger partial charge in [-0.2, -0.15) is 0 Å². The molecule has 1 aromatic rings. The van der Waals surface area contributed by atoms with Crippen LogP contribution in [-0.2, 0) is 0 Å². The van der Waals surface area contributed by atoms with E-state index >= 15 is 0 Å². The first-order valence-electron chi connectivity index (χ1n) is 3.39. The van der Waals surface area contributed by atoms with Gasteiger partial charge in [0.15, 0.2) is 0 Å². The van der Waals surface area contributed by atoms with Crippen LogP contribution in [0.2, 0.25) is 0 Å². The zero-order chi connectivity index (χ0) is 8.27. The molecule has 0 heterocycles. The highest BCUT2D eigenvalue weighted by atomic mass is 79.9. The Kier molecular flexibility index (Phi) is 2.67. The van der Waals surface area contributed by atoms with Gasteiger partial charge in [0.25, 0.3) is 12.6 Å². The molecule has 0 aliphatic heterocycles. The average Bonchev–Trinajstić information content (AvgIpc) is 2.05. The summed E-state index contributed by atoms with van der Waals surface area (Å²) in [6.07, 6.45) is 0. The van der Waals surface area contributed by atoms with Crippen molar-refractivity contribution in [2.45, 2.75) is 13.0 Å². The maximum atomic E-state index is 5.16. The van der Waals surface area contributed by atoms with E-state index in [1.807, 2.05) is 31.2 Å². The fraction of sp³-hybridized carbons (Fsp3) is 0.222. The molecular weight excluding hydrogens is 202 g/mol. The Morgan fingerprint density at radius 3 is 2.36 bits per heavy atom. The molecular formula is C9H9BrN+. The molecule has 0 radical (unpaired) electrons. The Bertz CT molecular complexity index is 271. The van der Waals surface area contributed by atoms with Crippen molar-refractivity contribution in [3.05, 3.63) is 39.1 Å². The molecule has 1 nitrogen and oxygen atoms in total. The van der Waals surface area contributed by atoms with E-state index in [0.29, 0.717) is 0 Å². The largest absolute Gasteiger partial charge is 0.294 e. The highest BCUT2D eigenvalue weighted by Crippen LogP contribution is 2.18. The maximum absolute atomic E-state index is 5.16. The van der Waals surface area contributed by atoms with Gasteiger partial charge >= 0.3 is 0 Å².